The van der Waals surface area contributed by atoms with Gasteiger partial charge >= 0.3 is 0 Å². The van der Waals surface area contributed by atoms with E-state index in [1.165, 1.54) is 4.68 Å². The first-order chi connectivity index (χ1) is 8.85. The molecule has 108 valence electrons. The zero-order chi connectivity index (χ0) is 14.6. The van der Waals surface area contributed by atoms with Gasteiger partial charge in [-0.3, -0.25) is 9.48 Å². The van der Waals surface area contributed by atoms with Crippen molar-refractivity contribution in [3.05, 3.63) is 11.4 Å². The minimum atomic E-state index is -3.86. The summed E-state index contributed by atoms with van der Waals surface area (Å²) >= 11 is 0. The van der Waals surface area contributed by atoms with Crippen LogP contribution in [0.2, 0.25) is 0 Å². The highest BCUT2D eigenvalue weighted by Gasteiger charge is 2.25. The van der Waals surface area contributed by atoms with Crippen molar-refractivity contribution in [2.45, 2.75) is 45.1 Å². The first-order valence-corrected chi connectivity index (χ1v) is 8.45. The van der Waals surface area contributed by atoms with Crippen LogP contribution in [0.4, 0.5) is 0 Å². The first-order valence-electron chi connectivity index (χ1n) is 6.14. The van der Waals surface area contributed by atoms with Gasteiger partial charge in [-0.1, -0.05) is 13.8 Å². The number of carbonyl (C=O) groups excluding carboxylic acids is 1. The molecular weight excluding hydrogens is 290 g/mol. The van der Waals surface area contributed by atoms with Gasteiger partial charge < -0.3 is 5.32 Å². The Morgan fingerprint density at radius 2 is 1.95 bits per heavy atom. The molecule has 0 spiro atoms. The average molecular weight is 308 g/mol. The number of hydrogen-bond donors (Lipinski definition) is 1. The molecule has 0 aliphatic heterocycles. The van der Waals surface area contributed by atoms with E-state index in [9.17, 15) is 13.2 Å². The molecule has 0 fully saturated rings. The maximum Gasteiger partial charge on any atom is 0.264 e. The van der Waals surface area contributed by atoms with Crippen LogP contribution in [0.25, 0.3) is 0 Å². The third kappa shape index (κ3) is 3.70. The fraction of sp³-hybridized carbons (Fsp3) is 0.636. The summed E-state index contributed by atoms with van der Waals surface area (Å²) in [6, 6.07) is 0. The molecule has 8 heteroatoms. The van der Waals surface area contributed by atoms with Gasteiger partial charge in [0, 0.05) is 17.2 Å². The van der Waals surface area contributed by atoms with Crippen LogP contribution in [0.3, 0.4) is 0 Å². The Labute approximate surface area is 117 Å². The molecule has 0 saturated heterocycles. The molecule has 0 bridgehead atoms. The van der Waals surface area contributed by atoms with Gasteiger partial charge in [0.2, 0.25) is 5.91 Å². The minimum absolute atomic E-state index is 0.00355. The molecule has 0 radical (unpaired) electrons. The highest BCUT2D eigenvalue weighted by molar-refractivity contribution is 8.13. The number of amides is 1. The van der Waals surface area contributed by atoms with Crippen molar-refractivity contribution in [3.63, 3.8) is 0 Å². The first kappa shape index (κ1) is 16.0. The Morgan fingerprint density at radius 1 is 1.32 bits per heavy atom. The second kappa shape index (κ2) is 6.38. The summed E-state index contributed by atoms with van der Waals surface area (Å²) in [4.78, 5) is 11.6. The Hall–Kier alpha value is -1.08. The Kier molecular flexibility index (Phi) is 5.37. The van der Waals surface area contributed by atoms with Crippen LogP contribution in [0, 0.1) is 0 Å². The lowest BCUT2D eigenvalue weighted by Gasteiger charge is -2.06. The second-order valence-corrected chi connectivity index (χ2v) is 6.48. The molecule has 1 heterocycles. The van der Waals surface area contributed by atoms with E-state index in [4.69, 9.17) is 10.7 Å². The topological polar surface area (TPSA) is 81.1 Å². The lowest BCUT2D eigenvalue weighted by atomic mass is 10.2. The Morgan fingerprint density at radius 3 is 2.37 bits per heavy atom. The zero-order valence-electron chi connectivity index (χ0n) is 11.2. The molecule has 0 unspecified atom stereocenters. The molecule has 1 N–H and O–H groups in total. The average Bonchev–Trinajstić information content (AvgIpc) is 2.66. The molecule has 0 aliphatic rings. The maximum absolute atomic E-state index is 11.6. The molecular formula is C11H18ClN3O3S. The van der Waals surface area contributed by atoms with Crippen LogP contribution in [0.15, 0.2) is 4.90 Å². The zero-order valence-corrected chi connectivity index (χ0v) is 12.8. The standard InChI is InChI=1S/C11H18ClN3O3S/c1-4-8-11(19(12,17)18)9(5-2)15(14-8)7-10(16)13-6-3/h4-7H2,1-3H3,(H,13,16). The van der Waals surface area contributed by atoms with E-state index in [0.29, 0.717) is 30.8 Å². The van der Waals surface area contributed by atoms with Gasteiger partial charge in [0.15, 0.2) is 0 Å². The van der Waals surface area contributed by atoms with E-state index in [0.717, 1.165) is 0 Å². The van der Waals surface area contributed by atoms with Gasteiger partial charge in [-0.05, 0) is 19.8 Å². The second-order valence-electron chi connectivity index (χ2n) is 3.98. The summed E-state index contributed by atoms with van der Waals surface area (Å²) in [5.74, 6) is -0.208. The number of aromatic nitrogens is 2. The van der Waals surface area contributed by atoms with Crippen molar-refractivity contribution in [1.82, 2.24) is 15.1 Å². The minimum Gasteiger partial charge on any atom is -0.355 e. The summed E-state index contributed by atoms with van der Waals surface area (Å²) < 4.78 is 24.7. The van der Waals surface area contributed by atoms with Crippen molar-refractivity contribution in [2.75, 3.05) is 6.54 Å². The predicted octanol–water partition coefficient (Wildman–Crippen LogP) is 1.07. The van der Waals surface area contributed by atoms with Crippen LogP contribution < -0.4 is 5.32 Å². The smallest absolute Gasteiger partial charge is 0.264 e. The molecule has 1 rings (SSSR count). The van der Waals surface area contributed by atoms with Crippen LogP contribution in [0.1, 0.15) is 32.2 Å². The van der Waals surface area contributed by atoms with Crippen molar-refractivity contribution < 1.29 is 13.2 Å². The van der Waals surface area contributed by atoms with Gasteiger partial charge in [0.1, 0.15) is 11.4 Å². The fourth-order valence-corrected chi connectivity index (χ4v) is 3.44. The fourth-order valence-electron chi connectivity index (χ4n) is 1.91. The molecule has 1 amide bonds. The lowest BCUT2D eigenvalue weighted by molar-refractivity contribution is -0.121. The molecule has 19 heavy (non-hydrogen) atoms. The Bertz CT molecular complexity index is 566. The van der Waals surface area contributed by atoms with E-state index in [2.05, 4.69) is 10.4 Å². The summed E-state index contributed by atoms with van der Waals surface area (Å²) in [5.41, 5.74) is 0.870. The highest BCUT2D eigenvalue weighted by atomic mass is 35.7. The van der Waals surface area contributed by atoms with Crippen molar-refractivity contribution >= 4 is 25.6 Å². The van der Waals surface area contributed by atoms with Gasteiger partial charge in [0.05, 0.1) is 11.4 Å². The summed E-state index contributed by atoms with van der Waals surface area (Å²) in [6.07, 6.45) is 0.879. The van der Waals surface area contributed by atoms with E-state index < -0.39 is 9.05 Å². The van der Waals surface area contributed by atoms with Gasteiger partial charge in [0.25, 0.3) is 9.05 Å². The SMILES string of the molecule is CCNC(=O)Cn1nc(CC)c(S(=O)(=O)Cl)c1CC. The van der Waals surface area contributed by atoms with E-state index in [1.54, 1.807) is 13.8 Å². The lowest BCUT2D eigenvalue weighted by Crippen LogP contribution is -2.28. The molecule has 0 saturated carbocycles. The number of halogens is 1. The van der Waals surface area contributed by atoms with E-state index in [1.807, 2.05) is 6.92 Å². The normalized spacial score (nSPS) is 11.6. The molecule has 0 atom stereocenters. The predicted molar refractivity (Wildman–Crippen MR) is 72.7 cm³/mol. The Balaban J connectivity index is 3.27. The number of aryl methyl sites for hydroxylation is 1. The number of nitrogens with one attached hydrogen (secondary N) is 1. The third-order valence-electron chi connectivity index (χ3n) is 2.66. The third-order valence-corrected chi connectivity index (χ3v) is 4.08. The van der Waals surface area contributed by atoms with Gasteiger partial charge in [-0.15, -0.1) is 0 Å². The van der Waals surface area contributed by atoms with Gasteiger partial charge in [-0.2, -0.15) is 5.10 Å². The molecule has 1 aromatic rings. The number of likely N-dealkylation sites (N-methyl/N-ethyl adjacent to an activating group) is 1. The summed E-state index contributed by atoms with van der Waals surface area (Å²) in [6.45, 7) is 5.92. The van der Waals surface area contributed by atoms with Gasteiger partial charge in [-0.25, -0.2) is 8.42 Å². The van der Waals surface area contributed by atoms with Crippen LogP contribution >= 0.6 is 10.7 Å². The van der Waals surface area contributed by atoms with E-state index >= 15 is 0 Å². The molecule has 1 aromatic heterocycles. The molecule has 0 aliphatic carbocycles. The maximum atomic E-state index is 11.6. The summed E-state index contributed by atoms with van der Waals surface area (Å²) in [7, 11) is 1.60. The van der Waals surface area contributed by atoms with E-state index in [-0.39, 0.29) is 17.3 Å². The monoisotopic (exact) mass is 307 g/mol. The van der Waals surface area contributed by atoms with Crippen molar-refractivity contribution in [3.8, 4) is 0 Å². The largest absolute Gasteiger partial charge is 0.355 e. The van der Waals surface area contributed by atoms with Crippen LogP contribution in [-0.4, -0.2) is 30.7 Å². The quantitative estimate of drug-likeness (QED) is 0.797. The van der Waals surface area contributed by atoms with Crippen molar-refractivity contribution in [1.29, 1.82) is 0 Å². The number of nitrogens with zero attached hydrogens (tertiary/aromatic N) is 2. The molecule has 0 aromatic carbocycles. The van der Waals surface area contributed by atoms with Crippen LogP contribution in [-0.2, 0) is 33.2 Å². The molecule has 6 nitrogen and oxygen atoms in total. The highest BCUT2D eigenvalue weighted by Crippen LogP contribution is 2.25. The number of hydrogen-bond acceptors (Lipinski definition) is 4. The number of rotatable bonds is 6. The van der Waals surface area contributed by atoms with Crippen molar-refractivity contribution in [2.24, 2.45) is 0 Å². The van der Waals surface area contributed by atoms with Crippen LogP contribution in [0.5, 0.6) is 0 Å². The number of carbonyl (C=O) groups is 1. The summed E-state index contributed by atoms with van der Waals surface area (Å²) in [5, 5.41) is 6.83.